The monoisotopic (exact) mass is 380 g/mol. The van der Waals surface area contributed by atoms with Crippen LogP contribution in [0.25, 0.3) is 0 Å². The predicted molar refractivity (Wildman–Crippen MR) is 100 cm³/mol. The van der Waals surface area contributed by atoms with E-state index in [2.05, 4.69) is 17.9 Å². The van der Waals surface area contributed by atoms with Gasteiger partial charge in [-0.2, -0.15) is 0 Å². The summed E-state index contributed by atoms with van der Waals surface area (Å²) in [4.78, 5) is 42.7. The van der Waals surface area contributed by atoms with E-state index in [1.807, 2.05) is 23.1 Å². The SMILES string of the molecule is COC(=O)C1CC23CCCN4C(=O)CC5(c6ccccc6N(C=O)C15C2C)C43. The number of benzene rings is 1. The van der Waals surface area contributed by atoms with Gasteiger partial charge in [-0.15, -0.1) is 0 Å². The third-order valence-corrected chi connectivity index (χ3v) is 9.10. The maximum Gasteiger partial charge on any atom is 0.311 e. The molecule has 0 radical (unpaired) electrons. The molecule has 0 N–H and O–H groups in total. The molecule has 6 heteroatoms. The first-order valence-corrected chi connectivity index (χ1v) is 10.2. The first-order chi connectivity index (χ1) is 13.5. The molecule has 3 heterocycles. The number of ether oxygens (including phenoxy) is 1. The van der Waals surface area contributed by atoms with E-state index in [1.54, 1.807) is 0 Å². The van der Waals surface area contributed by atoms with Crippen LogP contribution in [0.1, 0.15) is 38.2 Å². The number of amides is 2. The van der Waals surface area contributed by atoms with Gasteiger partial charge in [-0.05, 0) is 42.2 Å². The number of nitrogens with zero attached hydrogens (tertiary/aromatic N) is 2. The Hall–Kier alpha value is -2.37. The van der Waals surface area contributed by atoms with Gasteiger partial charge in [0.2, 0.25) is 12.3 Å². The summed E-state index contributed by atoms with van der Waals surface area (Å²) in [6.07, 6.45) is 3.90. The number of anilines is 1. The van der Waals surface area contributed by atoms with Crippen LogP contribution < -0.4 is 4.90 Å². The van der Waals surface area contributed by atoms with Crippen LogP contribution in [0.3, 0.4) is 0 Å². The number of hydrogen-bond donors (Lipinski definition) is 0. The van der Waals surface area contributed by atoms with E-state index in [0.717, 1.165) is 37.0 Å². The van der Waals surface area contributed by atoms with Crippen LogP contribution in [0.5, 0.6) is 0 Å². The van der Waals surface area contributed by atoms with Crippen LogP contribution in [-0.2, 0) is 24.5 Å². The largest absolute Gasteiger partial charge is 0.469 e. The molecule has 2 saturated heterocycles. The minimum absolute atomic E-state index is 0.0586. The molecule has 4 fully saturated rings. The Balaban J connectivity index is 1.74. The van der Waals surface area contributed by atoms with Crippen molar-refractivity contribution in [3.05, 3.63) is 29.8 Å². The minimum Gasteiger partial charge on any atom is -0.469 e. The highest BCUT2D eigenvalue weighted by Crippen LogP contribution is 2.81. The summed E-state index contributed by atoms with van der Waals surface area (Å²) in [5.74, 6) is -0.383. The van der Waals surface area contributed by atoms with E-state index in [4.69, 9.17) is 4.74 Å². The van der Waals surface area contributed by atoms with Gasteiger partial charge in [0, 0.05) is 18.7 Å². The smallest absolute Gasteiger partial charge is 0.311 e. The van der Waals surface area contributed by atoms with Crippen LogP contribution in [0.2, 0.25) is 0 Å². The van der Waals surface area contributed by atoms with E-state index >= 15 is 0 Å². The van der Waals surface area contributed by atoms with Gasteiger partial charge in [0.25, 0.3) is 0 Å². The molecule has 0 aromatic heterocycles. The first kappa shape index (κ1) is 16.6. The van der Waals surface area contributed by atoms with Crippen LogP contribution in [0, 0.1) is 17.3 Å². The average Bonchev–Trinajstić information content (AvgIpc) is 3.31. The third-order valence-electron chi connectivity index (χ3n) is 9.10. The van der Waals surface area contributed by atoms with Crippen molar-refractivity contribution in [3.8, 4) is 0 Å². The minimum atomic E-state index is -0.731. The lowest BCUT2D eigenvalue weighted by Crippen LogP contribution is -2.66. The molecule has 6 rings (SSSR count). The fraction of sp³-hybridized carbons (Fsp3) is 0.591. The molecule has 5 aliphatic rings. The van der Waals surface area contributed by atoms with Gasteiger partial charge in [-0.1, -0.05) is 25.1 Å². The van der Waals surface area contributed by atoms with Gasteiger partial charge in [0.15, 0.2) is 0 Å². The van der Waals surface area contributed by atoms with E-state index in [-0.39, 0.29) is 29.3 Å². The summed E-state index contributed by atoms with van der Waals surface area (Å²) >= 11 is 0. The summed E-state index contributed by atoms with van der Waals surface area (Å²) in [6, 6.07) is 8.01. The fourth-order valence-corrected chi connectivity index (χ4v) is 8.65. The zero-order valence-corrected chi connectivity index (χ0v) is 16.2. The van der Waals surface area contributed by atoms with Crippen molar-refractivity contribution in [2.24, 2.45) is 17.3 Å². The third kappa shape index (κ3) is 1.30. The summed E-state index contributed by atoms with van der Waals surface area (Å²) in [5, 5.41) is 0. The van der Waals surface area contributed by atoms with Crippen molar-refractivity contribution in [3.63, 3.8) is 0 Å². The molecule has 28 heavy (non-hydrogen) atoms. The lowest BCUT2D eigenvalue weighted by Gasteiger charge is -2.52. The number of hydrogen-bond acceptors (Lipinski definition) is 4. The van der Waals surface area contributed by atoms with Crippen molar-refractivity contribution in [1.29, 1.82) is 0 Å². The highest BCUT2D eigenvalue weighted by molar-refractivity contribution is 5.96. The second-order valence-corrected chi connectivity index (χ2v) is 9.29. The molecule has 2 saturated carbocycles. The number of fused-ring (bicyclic) bond motifs is 1. The van der Waals surface area contributed by atoms with Gasteiger partial charge in [-0.25, -0.2) is 0 Å². The van der Waals surface area contributed by atoms with Crippen molar-refractivity contribution >= 4 is 24.0 Å². The van der Waals surface area contributed by atoms with Crippen LogP contribution in [0.4, 0.5) is 5.69 Å². The summed E-state index contributed by atoms with van der Waals surface area (Å²) in [7, 11) is 1.43. The molecule has 146 valence electrons. The van der Waals surface area contributed by atoms with Crippen LogP contribution in [0.15, 0.2) is 24.3 Å². The summed E-state index contributed by atoms with van der Waals surface area (Å²) < 4.78 is 5.26. The topological polar surface area (TPSA) is 66.9 Å². The molecule has 6 unspecified atom stereocenters. The van der Waals surface area contributed by atoms with Gasteiger partial charge >= 0.3 is 5.97 Å². The van der Waals surface area contributed by atoms with Gasteiger partial charge < -0.3 is 14.5 Å². The number of rotatable bonds is 2. The Morgan fingerprint density at radius 2 is 2.11 bits per heavy atom. The number of methoxy groups -OCH3 is 1. The number of carbonyl (C=O) groups excluding carboxylic acids is 3. The molecule has 3 aliphatic heterocycles. The van der Waals surface area contributed by atoms with E-state index in [0.29, 0.717) is 12.8 Å². The Morgan fingerprint density at radius 3 is 2.86 bits per heavy atom. The van der Waals surface area contributed by atoms with Gasteiger partial charge in [0.1, 0.15) is 0 Å². The Labute approximate surface area is 163 Å². The number of carbonyl (C=O) groups is 3. The van der Waals surface area contributed by atoms with Gasteiger partial charge in [0.05, 0.1) is 30.0 Å². The Bertz CT molecular complexity index is 946. The quantitative estimate of drug-likeness (QED) is 0.580. The number of para-hydroxylation sites is 1. The molecular weight excluding hydrogens is 356 g/mol. The Morgan fingerprint density at radius 1 is 1.32 bits per heavy atom. The summed E-state index contributed by atoms with van der Waals surface area (Å²) in [5.41, 5.74) is 0.516. The second kappa shape index (κ2) is 4.78. The summed E-state index contributed by atoms with van der Waals surface area (Å²) in [6.45, 7) is 2.99. The molecule has 2 bridgehead atoms. The van der Waals surface area contributed by atoms with E-state index < -0.39 is 16.9 Å². The Kier molecular flexibility index (Phi) is 2.83. The highest BCUT2D eigenvalue weighted by atomic mass is 16.5. The maximum absolute atomic E-state index is 13.2. The molecule has 6 atom stereocenters. The lowest BCUT2D eigenvalue weighted by atomic mass is 9.56. The van der Waals surface area contributed by atoms with Crippen molar-refractivity contribution in [1.82, 2.24) is 4.90 Å². The molecule has 6 nitrogen and oxygen atoms in total. The molecule has 2 amide bonds. The van der Waals surface area contributed by atoms with Crippen molar-refractivity contribution < 1.29 is 19.1 Å². The fourth-order valence-electron chi connectivity index (χ4n) is 8.65. The molecule has 3 spiro atoms. The number of piperidine rings is 1. The van der Waals surface area contributed by atoms with Gasteiger partial charge in [-0.3, -0.25) is 14.4 Å². The first-order valence-electron chi connectivity index (χ1n) is 10.2. The van der Waals surface area contributed by atoms with E-state index in [1.165, 1.54) is 7.11 Å². The van der Waals surface area contributed by atoms with Crippen molar-refractivity contribution in [2.75, 3.05) is 18.6 Å². The standard InChI is InChI=1S/C22H24N2O4/c1-13-20-8-5-9-23-17(26)11-21(19(20)23)14-6-3-4-7-16(14)24(12-25)22(13,21)15(10-20)18(27)28-2/h3-4,6-7,12-13,15,19H,5,8-11H2,1-2H3. The highest BCUT2D eigenvalue weighted by Gasteiger charge is 2.89. The molecule has 1 aromatic carbocycles. The lowest BCUT2D eigenvalue weighted by molar-refractivity contribution is -0.150. The zero-order valence-electron chi connectivity index (χ0n) is 16.2. The molecule has 1 aromatic rings. The normalized spacial score (nSPS) is 44.4. The van der Waals surface area contributed by atoms with Crippen LogP contribution in [-0.4, -0.2) is 48.4 Å². The predicted octanol–water partition coefficient (Wildman–Crippen LogP) is 1.86. The van der Waals surface area contributed by atoms with Crippen LogP contribution >= 0.6 is 0 Å². The van der Waals surface area contributed by atoms with E-state index in [9.17, 15) is 14.4 Å². The average molecular weight is 380 g/mol. The van der Waals surface area contributed by atoms with Crippen molar-refractivity contribution in [2.45, 2.75) is 49.6 Å². The molecular formula is C22H24N2O4. The maximum atomic E-state index is 13.2. The second-order valence-electron chi connectivity index (χ2n) is 9.29. The number of esters is 1. The molecule has 2 aliphatic carbocycles. The zero-order chi connectivity index (χ0) is 19.5.